The molecule has 17 heavy (non-hydrogen) atoms. The van der Waals surface area contributed by atoms with Crippen LogP contribution in [0.2, 0.25) is 0 Å². The molecule has 0 aromatic rings. The maximum absolute atomic E-state index is 12.6. The number of hydrogen-bond donors (Lipinski definition) is 0. The third-order valence-electron chi connectivity index (χ3n) is 5.43. The Kier molecular flexibility index (Phi) is 2.08. The average Bonchev–Trinajstić information content (AvgIpc) is 2.98. The summed E-state index contributed by atoms with van der Waals surface area (Å²) in [5.41, 5.74) is -0.924. The molecule has 2 saturated carbocycles. The van der Waals surface area contributed by atoms with Crippen molar-refractivity contribution in [2.45, 2.75) is 20.3 Å². The molecule has 2 bridgehead atoms. The minimum atomic E-state index is -0.924. The summed E-state index contributed by atoms with van der Waals surface area (Å²) >= 11 is 0. The normalized spacial score (nSPS) is 50.8. The molecule has 3 aliphatic rings. The van der Waals surface area contributed by atoms with Crippen LogP contribution in [0.4, 0.5) is 0 Å². The molecule has 0 spiro atoms. The van der Waals surface area contributed by atoms with E-state index in [9.17, 15) is 9.59 Å². The summed E-state index contributed by atoms with van der Waals surface area (Å²) in [6, 6.07) is 0. The van der Waals surface area contributed by atoms with Gasteiger partial charge in [0.1, 0.15) is 5.41 Å². The molecule has 92 valence electrons. The number of ketones is 1. The third-order valence-corrected chi connectivity index (χ3v) is 5.43. The molecule has 0 aromatic carbocycles. The second kappa shape index (κ2) is 3.21. The number of allylic oxidation sites excluding steroid dienone is 2. The van der Waals surface area contributed by atoms with Crippen molar-refractivity contribution in [1.82, 2.24) is 0 Å². The topological polar surface area (TPSA) is 43.4 Å². The van der Waals surface area contributed by atoms with Gasteiger partial charge in [-0.2, -0.15) is 0 Å². The van der Waals surface area contributed by atoms with Crippen LogP contribution in [-0.4, -0.2) is 18.9 Å². The van der Waals surface area contributed by atoms with Gasteiger partial charge in [-0.1, -0.05) is 19.1 Å². The Balaban J connectivity index is 2.03. The van der Waals surface area contributed by atoms with Crippen LogP contribution in [-0.2, 0) is 14.3 Å². The standard InChI is InChI=1S/C14H18O3/c1-7-10-8-4-5-9(6-8)11(10)12(15)14(7,2)13(16)17-3/h4-5,7-11H,6H2,1-3H3/t7-,8+,9-,10+,11-,14+/m1/s1. The van der Waals surface area contributed by atoms with Crippen LogP contribution >= 0.6 is 0 Å². The number of methoxy groups -OCH3 is 1. The fourth-order valence-electron chi connectivity index (χ4n) is 4.37. The second-order valence-corrected chi connectivity index (χ2v) is 5.90. The van der Waals surface area contributed by atoms with E-state index in [0.717, 1.165) is 6.42 Å². The van der Waals surface area contributed by atoms with Crippen molar-refractivity contribution in [2.75, 3.05) is 7.11 Å². The third kappa shape index (κ3) is 1.08. The van der Waals surface area contributed by atoms with E-state index >= 15 is 0 Å². The van der Waals surface area contributed by atoms with Crippen LogP contribution in [0.1, 0.15) is 20.3 Å². The largest absolute Gasteiger partial charge is 0.468 e. The second-order valence-electron chi connectivity index (χ2n) is 5.90. The van der Waals surface area contributed by atoms with Crippen LogP contribution in [0.3, 0.4) is 0 Å². The van der Waals surface area contributed by atoms with Crippen molar-refractivity contribution in [2.24, 2.45) is 35.0 Å². The summed E-state index contributed by atoms with van der Waals surface area (Å²) in [4.78, 5) is 24.5. The molecule has 0 aliphatic heterocycles. The number of carbonyl (C=O) groups excluding carboxylic acids is 2. The van der Waals surface area contributed by atoms with Crippen LogP contribution in [0.25, 0.3) is 0 Å². The Morgan fingerprint density at radius 1 is 1.41 bits per heavy atom. The van der Waals surface area contributed by atoms with Gasteiger partial charge in [0.2, 0.25) is 0 Å². The van der Waals surface area contributed by atoms with Crippen molar-refractivity contribution in [1.29, 1.82) is 0 Å². The van der Waals surface area contributed by atoms with E-state index < -0.39 is 5.41 Å². The fraction of sp³-hybridized carbons (Fsp3) is 0.714. The smallest absolute Gasteiger partial charge is 0.319 e. The van der Waals surface area contributed by atoms with Gasteiger partial charge in [-0.15, -0.1) is 0 Å². The summed E-state index contributed by atoms with van der Waals surface area (Å²) in [6.45, 7) is 3.80. The molecule has 0 radical (unpaired) electrons. The molecule has 6 atom stereocenters. The van der Waals surface area contributed by atoms with Crippen molar-refractivity contribution in [3.05, 3.63) is 12.2 Å². The van der Waals surface area contributed by atoms with E-state index in [-0.39, 0.29) is 23.6 Å². The first-order valence-electron chi connectivity index (χ1n) is 6.33. The highest BCUT2D eigenvalue weighted by atomic mass is 16.5. The number of carbonyl (C=O) groups is 2. The Morgan fingerprint density at radius 2 is 2.06 bits per heavy atom. The first-order chi connectivity index (χ1) is 8.01. The SMILES string of the molecule is COC(=O)[C@]1(C)C(=O)[C@H]2[C@@H]([C@H]1C)[C@H]1C=C[C@@H]2C1. The molecule has 0 amide bonds. The van der Waals surface area contributed by atoms with E-state index in [1.54, 1.807) is 6.92 Å². The van der Waals surface area contributed by atoms with Crippen LogP contribution in [0.15, 0.2) is 12.2 Å². The van der Waals surface area contributed by atoms with Crippen LogP contribution < -0.4 is 0 Å². The zero-order valence-corrected chi connectivity index (χ0v) is 10.5. The molecule has 0 heterocycles. The molecule has 0 N–H and O–H groups in total. The number of rotatable bonds is 1. The molecular weight excluding hydrogens is 216 g/mol. The Labute approximate surface area is 101 Å². The highest BCUT2D eigenvalue weighted by molar-refractivity contribution is 6.07. The lowest BCUT2D eigenvalue weighted by Gasteiger charge is -2.28. The summed E-state index contributed by atoms with van der Waals surface area (Å²) in [5, 5.41) is 0. The van der Waals surface area contributed by atoms with Gasteiger partial charge in [0.15, 0.2) is 5.78 Å². The molecular formula is C14H18O3. The minimum Gasteiger partial charge on any atom is -0.468 e. The zero-order chi connectivity index (χ0) is 12.4. The van der Waals surface area contributed by atoms with Gasteiger partial charge < -0.3 is 4.74 Å². The van der Waals surface area contributed by atoms with E-state index in [2.05, 4.69) is 12.2 Å². The van der Waals surface area contributed by atoms with Gasteiger partial charge >= 0.3 is 5.97 Å². The van der Waals surface area contributed by atoms with Crippen LogP contribution in [0, 0.1) is 35.0 Å². The van der Waals surface area contributed by atoms with Crippen molar-refractivity contribution in [3.8, 4) is 0 Å². The molecule has 2 fully saturated rings. The molecule has 0 saturated heterocycles. The summed E-state index contributed by atoms with van der Waals surface area (Å²) in [7, 11) is 1.37. The average molecular weight is 234 g/mol. The monoisotopic (exact) mass is 234 g/mol. The van der Waals surface area contributed by atoms with Crippen molar-refractivity contribution < 1.29 is 14.3 Å². The van der Waals surface area contributed by atoms with Gasteiger partial charge in [0, 0.05) is 5.92 Å². The minimum absolute atomic E-state index is 0.0594. The van der Waals surface area contributed by atoms with E-state index in [4.69, 9.17) is 4.74 Å². The van der Waals surface area contributed by atoms with Gasteiger partial charge in [0.25, 0.3) is 0 Å². The van der Waals surface area contributed by atoms with Gasteiger partial charge in [-0.25, -0.2) is 0 Å². The molecule has 3 heteroatoms. The molecule has 0 aromatic heterocycles. The first kappa shape index (κ1) is 11.0. The molecule has 0 unspecified atom stereocenters. The number of ether oxygens (including phenoxy) is 1. The molecule has 3 aliphatic carbocycles. The predicted octanol–water partition coefficient (Wildman–Crippen LogP) is 1.82. The highest BCUT2D eigenvalue weighted by Crippen LogP contribution is 2.61. The predicted molar refractivity (Wildman–Crippen MR) is 62.0 cm³/mol. The highest BCUT2D eigenvalue weighted by Gasteiger charge is 2.66. The van der Waals surface area contributed by atoms with E-state index in [1.165, 1.54) is 7.11 Å². The van der Waals surface area contributed by atoms with Crippen molar-refractivity contribution in [3.63, 3.8) is 0 Å². The quantitative estimate of drug-likeness (QED) is 0.395. The summed E-state index contributed by atoms with van der Waals surface area (Å²) in [6.07, 6.45) is 5.50. The lowest BCUT2D eigenvalue weighted by molar-refractivity contribution is -0.158. The lowest BCUT2D eigenvalue weighted by atomic mass is 9.75. The Hall–Kier alpha value is -1.12. The lowest BCUT2D eigenvalue weighted by Crippen LogP contribution is -2.40. The van der Waals surface area contributed by atoms with Crippen molar-refractivity contribution >= 4 is 11.8 Å². The zero-order valence-electron chi connectivity index (χ0n) is 10.5. The van der Waals surface area contributed by atoms with Gasteiger partial charge in [0.05, 0.1) is 7.11 Å². The Bertz CT molecular complexity index is 425. The Morgan fingerprint density at radius 3 is 2.65 bits per heavy atom. The summed E-state index contributed by atoms with van der Waals surface area (Å²) < 4.78 is 4.85. The number of esters is 1. The number of fused-ring (bicyclic) bond motifs is 5. The van der Waals surface area contributed by atoms with E-state index in [0.29, 0.717) is 17.8 Å². The van der Waals surface area contributed by atoms with Gasteiger partial charge in [-0.05, 0) is 37.0 Å². The molecule has 3 nitrogen and oxygen atoms in total. The number of hydrogen-bond acceptors (Lipinski definition) is 3. The maximum atomic E-state index is 12.6. The van der Waals surface area contributed by atoms with E-state index in [1.807, 2.05) is 6.92 Å². The first-order valence-corrected chi connectivity index (χ1v) is 6.33. The number of Topliss-reactive ketones (excluding diaryl/α,β-unsaturated/α-hetero) is 1. The fourth-order valence-corrected chi connectivity index (χ4v) is 4.37. The maximum Gasteiger partial charge on any atom is 0.319 e. The summed E-state index contributed by atoms with van der Waals surface area (Å²) in [5.74, 6) is 1.11. The van der Waals surface area contributed by atoms with Gasteiger partial charge in [-0.3, -0.25) is 9.59 Å². The van der Waals surface area contributed by atoms with Crippen LogP contribution in [0.5, 0.6) is 0 Å². The molecule has 3 rings (SSSR count).